The van der Waals surface area contributed by atoms with Gasteiger partial charge in [0.05, 0.1) is 13.7 Å². The van der Waals surface area contributed by atoms with E-state index in [9.17, 15) is 9.59 Å². The number of hydrogen-bond donors (Lipinski definition) is 1. The number of nitrogens with zero attached hydrogens (tertiary/aromatic N) is 2. The monoisotopic (exact) mass is 599 g/mol. The molecule has 2 unspecified atom stereocenters. The molecule has 2 heterocycles. The average molecular weight is 601 g/mol. The van der Waals surface area contributed by atoms with Gasteiger partial charge in [-0.25, -0.2) is 9.48 Å². The Morgan fingerprint density at radius 2 is 1.68 bits per heavy atom. The number of carbonyl (C=O) groups is 2. The van der Waals surface area contributed by atoms with Gasteiger partial charge >= 0.3 is 0 Å². The van der Waals surface area contributed by atoms with Gasteiger partial charge in [-0.1, -0.05) is 54.6 Å². The zero-order valence-electron chi connectivity index (χ0n) is 22.3. The largest absolute Gasteiger partial charge is 1.00 e. The lowest BCUT2D eigenvalue weighted by atomic mass is 9.82. The lowest BCUT2D eigenvalue weighted by Gasteiger charge is -2.27. The molecule has 6 rings (SSSR count). The molecule has 0 amide bonds. The van der Waals surface area contributed by atoms with Crippen LogP contribution in [0.15, 0.2) is 85.1 Å². The first-order valence-electron chi connectivity index (χ1n) is 13.0. The number of nitrogens with one attached hydrogen (secondary N) is 1. The molecule has 8 heteroatoms. The first-order chi connectivity index (χ1) is 19.1. The number of benzene rings is 3. The summed E-state index contributed by atoms with van der Waals surface area (Å²) in [7, 11) is 3.28. The van der Waals surface area contributed by atoms with Gasteiger partial charge in [0.15, 0.2) is 0 Å². The van der Waals surface area contributed by atoms with E-state index in [1.807, 2.05) is 77.8 Å². The van der Waals surface area contributed by atoms with Crippen molar-refractivity contribution in [1.29, 1.82) is 0 Å². The predicted octanol–water partition coefficient (Wildman–Crippen LogP) is 1.58. The van der Waals surface area contributed by atoms with Crippen molar-refractivity contribution in [2.75, 3.05) is 27.4 Å². The third-order valence-corrected chi connectivity index (χ3v) is 7.61. The van der Waals surface area contributed by atoms with E-state index in [2.05, 4.69) is 15.6 Å². The number of rotatable bonds is 8. The van der Waals surface area contributed by atoms with Crippen LogP contribution in [-0.4, -0.2) is 71.3 Å². The molecule has 0 saturated heterocycles. The maximum Gasteiger partial charge on any atom is 0.273 e. The van der Waals surface area contributed by atoms with E-state index in [1.54, 1.807) is 26.4 Å². The number of para-hydroxylation sites is 1. The van der Waals surface area contributed by atoms with Crippen molar-refractivity contribution in [3.8, 4) is 5.75 Å². The summed E-state index contributed by atoms with van der Waals surface area (Å²) in [6, 6.07) is 21.8. The van der Waals surface area contributed by atoms with E-state index in [1.165, 1.54) is 0 Å². The van der Waals surface area contributed by atoms with E-state index in [0.29, 0.717) is 30.8 Å². The number of ketones is 2. The fourth-order valence-electron chi connectivity index (χ4n) is 5.77. The quantitative estimate of drug-likeness (QED) is 0.311. The van der Waals surface area contributed by atoms with Crippen LogP contribution in [0, 0.1) is 0 Å². The van der Waals surface area contributed by atoms with Crippen molar-refractivity contribution < 1.29 is 40.6 Å². The molecule has 2 aliphatic rings. The summed E-state index contributed by atoms with van der Waals surface area (Å²) < 4.78 is 13.0. The highest BCUT2D eigenvalue weighted by atomic mass is 79.9. The highest BCUT2D eigenvalue weighted by Crippen LogP contribution is 2.33. The number of amidine groups is 1. The normalized spacial score (nSPS) is 18.3. The molecule has 1 N–H and O–H groups in total. The molecule has 2 atom stereocenters. The number of aromatic amines is 1. The minimum Gasteiger partial charge on any atom is -1.00 e. The van der Waals surface area contributed by atoms with Crippen molar-refractivity contribution in [1.82, 2.24) is 9.88 Å². The Bertz CT molecular complexity index is 1640. The molecule has 0 spiro atoms. The van der Waals surface area contributed by atoms with Gasteiger partial charge in [-0.15, -0.1) is 0 Å². The number of hydrogen-bond acceptors (Lipinski definition) is 5. The van der Waals surface area contributed by atoms with Gasteiger partial charge in [0.1, 0.15) is 18.8 Å². The summed E-state index contributed by atoms with van der Waals surface area (Å²) in [4.78, 5) is 33.3. The SMILES string of the molecule is COCCN1C(/C=C/c2c[nH]c3ccccc23)=[N+](Cc2cccc(OC)c2)C2C(=O)c3ccccc3C(=O)C21.[Br-]. The van der Waals surface area contributed by atoms with Crippen LogP contribution in [0.25, 0.3) is 17.0 Å². The molecule has 0 radical (unpaired) electrons. The number of aromatic nitrogens is 1. The Morgan fingerprint density at radius 1 is 0.925 bits per heavy atom. The molecular formula is C32H30BrN3O4. The van der Waals surface area contributed by atoms with E-state index < -0.39 is 12.1 Å². The number of methoxy groups -OCH3 is 2. The second kappa shape index (κ2) is 11.6. The average Bonchev–Trinajstić information content (AvgIpc) is 3.52. The molecule has 204 valence electrons. The Morgan fingerprint density at radius 3 is 2.45 bits per heavy atom. The minimum atomic E-state index is -0.655. The molecular weight excluding hydrogens is 570 g/mol. The number of H-pyrrole nitrogens is 1. The van der Waals surface area contributed by atoms with Crippen LogP contribution < -0.4 is 21.7 Å². The van der Waals surface area contributed by atoms with Crippen LogP contribution in [0.1, 0.15) is 31.8 Å². The van der Waals surface area contributed by atoms with Crippen LogP contribution in [0.5, 0.6) is 5.75 Å². The molecule has 3 aromatic carbocycles. The number of Topliss-reactive ketones (excluding diaryl/α,β-unsaturated/α-hetero) is 2. The van der Waals surface area contributed by atoms with Gasteiger partial charge in [0.25, 0.3) is 5.84 Å². The standard InChI is InChI=1S/C32H29N3O4.BrH/c1-38-17-16-34-28(15-14-22-19-33-27-13-6-5-10-24(22)27)35(20-21-8-7-9-23(18-21)39-2)30-29(34)31(36)25-11-3-4-12-26(25)32(30)37;/h3-15,18-19,29-30H,16-17,20H2,1-2H3;1H. The van der Waals surface area contributed by atoms with Crippen LogP contribution in [-0.2, 0) is 11.3 Å². The van der Waals surface area contributed by atoms with Crippen molar-refractivity contribution in [2.45, 2.75) is 18.6 Å². The van der Waals surface area contributed by atoms with Crippen molar-refractivity contribution in [2.24, 2.45) is 0 Å². The predicted molar refractivity (Wildman–Crippen MR) is 151 cm³/mol. The Balaban J connectivity index is 0.00000323. The lowest BCUT2D eigenvalue weighted by Crippen LogP contribution is -3.00. The summed E-state index contributed by atoms with van der Waals surface area (Å²) in [5.74, 6) is 1.46. The molecule has 0 bridgehead atoms. The summed E-state index contributed by atoms with van der Waals surface area (Å²) in [5.41, 5.74) is 4.02. The number of ether oxygens (including phenoxy) is 2. The molecule has 4 aromatic rings. The Kier molecular flexibility index (Phi) is 8.00. The number of carbonyl (C=O) groups excluding carboxylic acids is 2. The molecule has 0 saturated carbocycles. The summed E-state index contributed by atoms with van der Waals surface area (Å²) in [6.07, 6.45) is 6.04. The second-order valence-corrected chi connectivity index (χ2v) is 9.81. The van der Waals surface area contributed by atoms with E-state index in [4.69, 9.17) is 9.47 Å². The number of halogens is 1. The van der Waals surface area contributed by atoms with Gasteiger partial charge in [-0.05, 0) is 29.8 Å². The van der Waals surface area contributed by atoms with Crippen molar-refractivity contribution in [3.63, 3.8) is 0 Å². The van der Waals surface area contributed by atoms with Gasteiger partial charge in [0, 0.05) is 47.0 Å². The molecule has 40 heavy (non-hydrogen) atoms. The number of fused-ring (bicyclic) bond motifs is 3. The van der Waals surface area contributed by atoms with Crippen LogP contribution >= 0.6 is 0 Å². The highest BCUT2D eigenvalue weighted by Gasteiger charge is 2.57. The van der Waals surface area contributed by atoms with Gasteiger partial charge in [-0.3, -0.25) is 9.59 Å². The fraction of sp³-hybridized carbons (Fsp3) is 0.219. The van der Waals surface area contributed by atoms with Crippen LogP contribution in [0.3, 0.4) is 0 Å². The first-order valence-corrected chi connectivity index (χ1v) is 13.0. The van der Waals surface area contributed by atoms with Crippen molar-refractivity contribution >= 4 is 34.4 Å². The minimum absolute atomic E-state index is 0. The molecule has 1 aliphatic heterocycles. The van der Waals surface area contributed by atoms with Crippen LogP contribution in [0.2, 0.25) is 0 Å². The van der Waals surface area contributed by atoms with E-state index in [-0.39, 0.29) is 28.5 Å². The van der Waals surface area contributed by atoms with Gasteiger partial charge in [-0.2, -0.15) is 0 Å². The highest BCUT2D eigenvalue weighted by molar-refractivity contribution is 6.20. The Hall–Kier alpha value is -4.01. The zero-order chi connectivity index (χ0) is 26.9. The van der Waals surface area contributed by atoms with Gasteiger partial charge < -0.3 is 31.4 Å². The third kappa shape index (κ3) is 4.78. The summed E-state index contributed by atoms with van der Waals surface area (Å²) in [5, 5.41) is 1.10. The van der Waals surface area contributed by atoms with Crippen LogP contribution in [0.4, 0.5) is 0 Å². The summed E-state index contributed by atoms with van der Waals surface area (Å²) in [6.45, 7) is 1.33. The van der Waals surface area contributed by atoms with Crippen molar-refractivity contribution in [3.05, 3.63) is 107 Å². The molecule has 1 aromatic heterocycles. The topological polar surface area (TPSA) is 74.6 Å². The third-order valence-electron chi connectivity index (χ3n) is 7.61. The summed E-state index contributed by atoms with van der Waals surface area (Å²) >= 11 is 0. The molecule has 1 aliphatic carbocycles. The maximum atomic E-state index is 14.0. The first kappa shape index (κ1) is 27.6. The van der Waals surface area contributed by atoms with Gasteiger partial charge in [0.2, 0.25) is 23.7 Å². The van der Waals surface area contributed by atoms with E-state index in [0.717, 1.165) is 33.6 Å². The zero-order valence-corrected chi connectivity index (χ0v) is 23.9. The smallest absolute Gasteiger partial charge is 0.273 e. The maximum absolute atomic E-state index is 14.0. The lowest BCUT2D eigenvalue weighted by molar-refractivity contribution is -0.557. The second-order valence-electron chi connectivity index (χ2n) is 9.81. The fourth-order valence-corrected chi connectivity index (χ4v) is 5.77. The molecule has 7 nitrogen and oxygen atoms in total. The Labute approximate surface area is 243 Å². The van der Waals surface area contributed by atoms with E-state index >= 15 is 0 Å². The molecule has 0 fully saturated rings.